The molecular weight excluding hydrogens is 396 g/mol. The minimum Gasteiger partial charge on any atom is -0.497 e. The molecule has 0 saturated carbocycles. The molecule has 0 bridgehead atoms. The van der Waals surface area contributed by atoms with Crippen LogP contribution in [0.5, 0.6) is 5.75 Å². The van der Waals surface area contributed by atoms with E-state index in [2.05, 4.69) is 20.8 Å². The van der Waals surface area contributed by atoms with E-state index >= 15 is 0 Å². The molecule has 28 heavy (non-hydrogen) atoms. The lowest BCUT2D eigenvalue weighted by Crippen LogP contribution is -2.13. The molecule has 1 aromatic heterocycles. The molecule has 1 heterocycles. The van der Waals surface area contributed by atoms with Crippen molar-refractivity contribution in [2.75, 3.05) is 23.5 Å². The standard InChI is InChI=1S/C19H18N4O3S2/c1-12-3-7-14(8-4-12)20-16(24)11-27-19-23-22-18(28-19)21-17(25)13-5-9-15(26-2)10-6-13/h3-10H,11H2,1-2H3,(H,20,24)(H,21,22,25). The van der Waals surface area contributed by atoms with Crippen molar-refractivity contribution in [2.45, 2.75) is 11.3 Å². The van der Waals surface area contributed by atoms with Crippen molar-refractivity contribution in [3.05, 3.63) is 59.7 Å². The van der Waals surface area contributed by atoms with Gasteiger partial charge in [-0.15, -0.1) is 10.2 Å². The molecule has 0 aliphatic rings. The van der Waals surface area contributed by atoms with Gasteiger partial charge in [-0.2, -0.15) is 0 Å². The van der Waals surface area contributed by atoms with Gasteiger partial charge >= 0.3 is 0 Å². The van der Waals surface area contributed by atoms with E-state index < -0.39 is 0 Å². The molecule has 2 aromatic carbocycles. The molecule has 0 fully saturated rings. The Bertz CT molecular complexity index is 956. The smallest absolute Gasteiger partial charge is 0.257 e. The number of rotatable bonds is 7. The SMILES string of the molecule is COc1ccc(C(=O)Nc2nnc(SCC(=O)Nc3ccc(C)cc3)s2)cc1. The summed E-state index contributed by atoms with van der Waals surface area (Å²) < 4.78 is 5.67. The zero-order chi connectivity index (χ0) is 19.9. The molecule has 3 rings (SSSR count). The van der Waals surface area contributed by atoms with Crippen LogP contribution in [-0.2, 0) is 4.79 Å². The van der Waals surface area contributed by atoms with E-state index in [4.69, 9.17) is 4.74 Å². The Morgan fingerprint density at radius 2 is 1.75 bits per heavy atom. The minimum absolute atomic E-state index is 0.132. The van der Waals surface area contributed by atoms with Gasteiger partial charge in [0.25, 0.3) is 5.91 Å². The van der Waals surface area contributed by atoms with Crippen molar-refractivity contribution >= 4 is 45.7 Å². The molecule has 2 N–H and O–H groups in total. The Morgan fingerprint density at radius 1 is 1.04 bits per heavy atom. The first kappa shape index (κ1) is 19.8. The third-order valence-corrected chi connectivity index (χ3v) is 5.61. The number of carbonyl (C=O) groups is 2. The number of benzene rings is 2. The number of nitrogens with one attached hydrogen (secondary N) is 2. The lowest BCUT2D eigenvalue weighted by molar-refractivity contribution is -0.113. The molecule has 0 aliphatic heterocycles. The lowest BCUT2D eigenvalue weighted by Gasteiger charge is -2.04. The van der Waals surface area contributed by atoms with Crippen LogP contribution >= 0.6 is 23.1 Å². The highest BCUT2D eigenvalue weighted by atomic mass is 32.2. The first-order chi connectivity index (χ1) is 13.5. The Kier molecular flexibility index (Phi) is 6.62. The fourth-order valence-electron chi connectivity index (χ4n) is 2.19. The largest absolute Gasteiger partial charge is 0.497 e. The van der Waals surface area contributed by atoms with E-state index in [-0.39, 0.29) is 17.6 Å². The van der Waals surface area contributed by atoms with Crippen LogP contribution in [0.4, 0.5) is 10.8 Å². The first-order valence-electron chi connectivity index (χ1n) is 8.32. The van der Waals surface area contributed by atoms with E-state index in [0.29, 0.717) is 20.8 Å². The van der Waals surface area contributed by atoms with Crippen LogP contribution in [0.3, 0.4) is 0 Å². The average molecular weight is 415 g/mol. The van der Waals surface area contributed by atoms with Crippen LogP contribution in [0.15, 0.2) is 52.9 Å². The summed E-state index contributed by atoms with van der Waals surface area (Å²) in [4.78, 5) is 24.3. The molecule has 0 atom stereocenters. The Balaban J connectivity index is 1.49. The van der Waals surface area contributed by atoms with Gasteiger partial charge in [0.15, 0.2) is 4.34 Å². The van der Waals surface area contributed by atoms with Crippen LogP contribution in [0, 0.1) is 6.92 Å². The molecular formula is C19H18N4O3S2. The number of methoxy groups -OCH3 is 1. The lowest BCUT2D eigenvalue weighted by atomic mass is 10.2. The molecule has 0 saturated heterocycles. The number of carbonyl (C=O) groups excluding carboxylic acids is 2. The number of thioether (sulfide) groups is 1. The zero-order valence-electron chi connectivity index (χ0n) is 15.3. The molecule has 0 aliphatic carbocycles. The third-order valence-electron chi connectivity index (χ3n) is 3.64. The van der Waals surface area contributed by atoms with Crippen LogP contribution < -0.4 is 15.4 Å². The van der Waals surface area contributed by atoms with E-state index in [9.17, 15) is 9.59 Å². The molecule has 0 radical (unpaired) electrons. The van der Waals surface area contributed by atoms with Gasteiger partial charge in [0, 0.05) is 11.3 Å². The quantitative estimate of drug-likeness (QED) is 0.451. The predicted molar refractivity (Wildman–Crippen MR) is 111 cm³/mol. The van der Waals surface area contributed by atoms with E-state index in [1.54, 1.807) is 31.4 Å². The minimum atomic E-state index is -0.285. The summed E-state index contributed by atoms with van der Waals surface area (Å²) in [5.41, 5.74) is 2.37. The van der Waals surface area contributed by atoms with Crippen LogP contribution in [-0.4, -0.2) is 34.9 Å². The summed E-state index contributed by atoms with van der Waals surface area (Å²) in [5, 5.41) is 13.8. The fraction of sp³-hybridized carbons (Fsp3) is 0.158. The molecule has 9 heteroatoms. The highest BCUT2D eigenvalue weighted by Gasteiger charge is 2.12. The maximum atomic E-state index is 12.2. The van der Waals surface area contributed by atoms with Crippen molar-refractivity contribution in [2.24, 2.45) is 0 Å². The number of aryl methyl sites for hydroxylation is 1. The Hall–Kier alpha value is -2.91. The molecule has 7 nitrogen and oxygen atoms in total. The normalized spacial score (nSPS) is 10.4. The number of ether oxygens (including phenoxy) is 1. The van der Waals surface area contributed by atoms with E-state index in [1.807, 2.05) is 31.2 Å². The summed E-state index contributed by atoms with van der Waals surface area (Å²) in [7, 11) is 1.57. The van der Waals surface area contributed by atoms with Crippen molar-refractivity contribution < 1.29 is 14.3 Å². The number of aromatic nitrogens is 2. The van der Waals surface area contributed by atoms with Gasteiger partial charge in [0.05, 0.1) is 12.9 Å². The van der Waals surface area contributed by atoms with Gasteiger partial charge in [-0.1, -0.05) is 40.8 Å². The second kappa shape index (κ2) is 9.34. The highest BCUT2D eigenvalue weighted by molar-refractivity contribution is 8.01. The molecule has 0 unspecified atom stereocenters. The Morgan fingerprint density at radius 3 is 2.43 bits per heavy atom. The van der Waals surface area contributed by atoms with Gasteiger partial charge in [-0.05, 0) is 43.3 Å². The van der Waals surface area contributed by atoms with Crippen LogP contribution in [0.25, 0.3) is 0 Å². The van der Waals surface area contributed by atoms with E-state index in [1.165, 1.54) is 23.1 Å². The molecule has 3 aromatic rings. The van der Waals surface area contributed by atoms with Crippen LogP contribution in [0.2, 0.25) is 0 Å². The number of anilines is 2. The van der Waals surface area contributed by atoms with Gasteiger partial charge in [0.2, 0.25) is 11.0 Å². The predicted octanol–water partition coefficient (Wildman–Crippen LogP) is 3.84. The van der Waals surface area contributed by atoms with Crippen molar-refractivity contribution in [1.29, 1.82) is 0 Å². The zero-order valence-corrected chi connectivity index (χ0v) is 16.9. The summed E-state index contributed by atoms with van der Waals surface area (Å²) >= 11 is 2.48. The third kappa shape index (κ3) is 5.54. The summed E-state index contributed by atoms with van der Waals surface area (Å²) in [6.07, 6.45) is 0. The number of nitrogens with zero attached hydrogens (tertiary/aromatic N) is 2. The Labute approximate surface area is 170 Å². The maximum Gasteiger partial charge on any atom is 0.257 e. The average Bonchev–Trinajstić information content (AvgIpc) is 3.15. The maximum absolute atomic E-state index is 12.2. The topological polar surface area (TPSA) is 93.2 Å². The molecule has 0 spiro atoms. The van der Waals surface area contributed by atoms with Crippen molar-refractivity contribution in [3.8, 4) is 5.75 Å². The second-order valence-corrected chi connectivity index (χ2v) is 7.96. The summed E-state index contributed by atoms with van der Waals surface area (Å²) in [6, 6.07) is 14.3. The fourth-order valence-corrected chi connectivity index (χ4v) is 3.74. The van der Waals surface area contributed by atoms with Gasteiger partial charge in [-0.25, -0.2) is 0 Å². The van der Waals surface area contributed by atoms with Gasteiger partial charge in [0.1, 0.15) is 5.75 Å². The second-order valence-electron chi connectivity index (χ2n) is 5.76. The number of hydrogen-bond acceptors (Lipinski definition) is 7. The molecule has 144 valence electrons. The number of hydrogen-bond donors (Lipinski definition) is 2. The van der Waals surface area contributed by atoms with Crippen molar-refractivity contribution in [1.82, 2.24) is 10.2 Å². The van der Waals surface area contributed by atoms with E-state index in [0.717, 1.165) is 11.3 Å². The van der Waals surface area contributed by atoms with Gasteiger partial charge < -0.3 is 10.1 Å². The monoisotopic (exact) mass is 414 g/mol. The number of amides is 2. The summed E-state index contributed by atoms with van der Waals surface area (Å²) in [5.74, 6) is 0.463. The van der Waals surface area contributed by atoms with Crippen LogP contribution in [0.1, 0.15) is 15.9 Å². The van der Waals surface area contributed by atoms with Gasteiger partial charge in [-0.3, -0.25) is 14.9 Å². The van der Waals surface area contributed by atoms with Crippen molar-refractivity contribution in [3.63, 3.8) is 0 Å². The molecule has 2 amide bonds. The summed E-state index contributed by atoms with van der Waals surface area (Å²) in [6.45, 7) is 1.99. The highest BCUT2D eigenvalue weighted by Crippen LogP contribution is 2.26. The first-order valence-corrected chi connectivity index (χ1v) is 10.1.